The van der Waals surface area contributed by atoms with Crippen LogP contribution in [0.15, 0.2) is 10.8 Å². The van der Waals surface area contributed by atoms with Crippen molar-refractivity contribution in [1.82, 2.24) is 10.2 Å². The monoisotopic (exact) mass is 252 g/mol. The van der Waals surface area contributed by atoms with E-state index in [9.17, 15) is 4.79 Å². The van der Waals surface area contributed by atoms with Gasteiger partial charge in [-0.2, -0.15) is 11.3 Å². The summed E-state index contributed by atoms with van der Waals surface area (Å²) < 4.78 is 0. The van der Waals surface area contributed by atoms with Crippen molar-refractivity contribution in [1.29, 1.82) is 0 Å². The van der Waals surface area contributed by atoms with Crippen molar-refractivity contribution in [3.63, 3.8) is 0 Å². The molecule has 1 aliphatic heterocycles. The highest BCUT2D eigenvalue weighted by Gasteiger charge is 2.15. The standard InChI is InChI=1S/C13H20N2OS/c1-11-9-17-10-12(11)7-14-8-13(16)15-5-3-2-4-6-15/h9-10,14H,2-8H2,1H3. The highest BCUT2D eigenvalue weighted by atomic mass is 32.1. The van der Waals surface area contributed by atoms with E-state index in [1.54, 1.807) is 11.3 Å². The number of carbonyl (C=O) groups is 1. The van der Waals surface area contributed by atoms with Crippen molar-refractivity contribution < 1.29 is 4.79 Å². The average molecular weight is 252 g/mol. The first-order valence-electron chi connectivity index (χ1n) is 6.27. The average Bonchev–Trinajstić information content (AvgIpc) is 2.76. The van der Waals surface area contributed by atoms with E-state index >= 15 is 0 Å². The number of nitrogens with zero attached hydrogens (tertiary/aromatic N) is 1. The Kier molecular flexibility index (Phi) is 4.57. The molecule has 0 aromatic carbocycles. The second-order valence-corrected chi connectivity index (χ2v) is 5.37. The Balaban J connectivity index is 1.71. The Hall–Kier alpha value is -0.870. The molecule has 1 aliphatic rings. The molecule has 17 heavy (non-hydrogen) atoms. The first kappa shape index (κ1) is 12.6. The lowest BCUT2D eigenvalue weighted by molar-refractivity contribution is -0.131. The number of nitrogens with one attached hydrogen (secondary N) is 1. The second kappa shape index (κ2) is 6.17. The molecule has 1 saturated heterocycles. The maximum atomic E-state index is 11.9. The molecule has 1 amide bonds. The molecule has 0 saturated carbocycles. The largest absolute Gasteiger partial charge is 0.342 e. The molecule has 0 bridgehead atoms. The molecule has 1 aromatic rings. The molecule has 1 fully saturated rings. The number of rotatable bonds is 4. The second-order valence-electron chi connectivity index (χ2n) is 4.63. The van der Waals surface area contributed by atoms with Gasteiger partial charge in [0.25, 0.3) is 0 Å². The summed E-state index contributed by atoms with van der Waals surface area (Å²) in [5.74, 6) is 0.248. The van der Waals surface area contributed by atoms with E-state index in [0.29, 0.717) is 6.54 Å². The predicted octanol–water partition coefficient (Wildman–Crippen LogP) is 2.16. The van der Waals surface area contributed by atoms with Gasteiger partial charge in [-0.25, -0.2) is 0 Å². The Morgan fingerprint density at radius 3 is 2.76 bits per heavy atom. The Bertz CT molecular complexity index is 369. The smallest absolute Gasteiger partial charge is 0.236 e. The van der Waals surface area contributed by atoms with Gasteiger partial charge in [0.05, 0.1) is 6.54 Å². The Morgan fingerprint density at radius 1 is 1.35 bits per heavy atom. The van der Waals surface area contributed by atoms with E-state index in [-0.39, 0.29) is 5.91 Å². The van der Waals surface area contributed by atoms with Crippen LogP contribution < -0.4 is 5.32 Å². The fourth-order valence-electron chi connectivity index (χ4n) is 2.13. The summed E-state index contributed by atoms with van der Waals surface area (Å²) in [7, 11) is 0. The van der Waals surface area contributed by atoms with Gasteiger partial charge in [0.15, 0.2) is 0 Å². The van der Waals surface area contributed by atoms with Crippen molar-refractivity contribution in [2.24, 2.45) is 0 Å². The summed E-state index contributed by atoms with van der Waals surface area (Å²) in [6.07, 6.45) is 3.59. The zero-order valence-electron chi connectivity index (χ0n) is 10.4. The van der Waals surface area contributed by atoms with E-state index in [2.05, 4.69) is 23.0 Å². The number of piperidine rings is 1. The molecule has 2 heterocycles. The van der Waals surface area contributed by atoms with Gasteiger partial charge in [-0.3, -0.25) is 4.79 Å². The SMILES string of the molecule is Cc1cscc1CNCC(=O)N1CCCCC1. The molecule has 2 rings (SSSR count). The van der Waals surface area contributed by atoms with Gasteiger partial charge in [0.1, 0.15) is 0 Å². The lowest BCUT2D eigenvalue weighted by Gasteiger charge is -2.26. The van der Waals surface area contributed by atoms with Gasteiger partial charge >= 0.3 is 0 Å². The third-order valence-electron chi connectivity index (χ3n) is 3.26. The van der Waals surface area contributed by atoms with Crippen LogP contribution >= 0.6 is 11.3 Å². The molecule has 0 aliphatic carbocycles. The Morgan fingerprint density at radius 2 is 2.12 bits per heavy atom. The maximum absolute atomic E-state index is 11.9. The molecule has 0 spiro atoms. The van der Waals surface area contributed by atoms with Crippen LogP contribution in [0.4, 0.5) is 0 Å². The van der Waals surface area contributed by atoms with Gasteiger partial charge < -0.3 is 10.2 Å². The van der Waals surface area contributed by atoms with E-state index in [4.69, 9.17) is 0 Å². The number of carbonyl (C=O) groups excluding carboxylic acids is 1. The topological polar surface area (TPSA) is 32.3 Å². The molecule has 4 heteroatoms. The van der Waals surface area contributed by atoms with E-state index in [1.165, 1.54) is 17.5 Å². The van der Waals surface area contributed by atoms with Gasteiger partial charge in [0, 0.05) is 19.6 Å². The number of thiophene rings is 1. The van der Waals surface area contributed by atoms with E-state index < -0.39 is 0 Å². The van der Waals surface area contributed by atoms with Crippen LogP contribution in [0.3, 0.4) is 0 Å². The summed E-state index contributed by atoms with van der Waals surface area (Å²) in [6, 6.07) is 0. The summed E-state index contributed by atoms with van der Waals surface area (Å²) in [6.45, 7) is 5.26. The van der Waals surface area contributed by atoms with Gasteiger partial charge in [0.2, 0.25) is 5.91 Å². The maximum Gasteiger partial charge on any atom is 0.236 e. The first-order valence-corrected chi connectivity index (χ1v) is 7.22. The fourth-order valence-corrected chi connectivity index (χ4v) is 2.98. The van der Waals surface area contributed by atoms with Crippen molar-refractivity contribution in [3.05, 3.63) is 21.9 Å². The molecule has 1 aromatic heterocycles. The summed E-state index contributed by atoms with van der Waals surface area (Å²) in [5, 5.41) is 7.53. The predicted molar refractivity (Wildman–Crippen MR) is 71.2 cm³/mol. The number of aryl methyl sites for hydroxylation is 1. The van der Waals surface area contributed by atoms with E-state index in [1.807, 2.05) is 4.90 Å². The van der Waals surface area contributed by atoms with Gasteiger partial charge in [-0.05, 0) is 48.1 Å². The number of hydrogen-bond donors (Lipinski definition) is 1. The van der Waals surface area contributed by atoms with Crippen LogP contribution in [-0.2, 0) is 11.3 Å². The quantitative estimate of drug-likeness (QED) is 0.890. The Labute approximate surface area is 107 Å². The molecule has 0 atom stereocenters. The van der Waals surface area contributed by atoms with Crippen LogP contribution in [0, 0.1) is 6.92 Å². The lowest BCUT2D eigenvalue weighted by Crippen LogP contribution is -2.40. The van der Waals surface area contributed by atoms with Gasteiger partial charge in [-0.1, -0.05) is 0 Å². The molecule has 3 nitrogen and oxygen atoms in total. The molecule has 0 radical (unpaired) electrons. The third kappa shape index (κ3) is 3.54. The highest BCUT2D eigenvalue weighted by molar-refractivity contribution is 7.08. The van der Waals surface area contributed by atoms with Crippen LogP contribution in [0.2, 0.25) is 0 Å². The normalized spacial score (nSPS) is 16.2. The molecular formula is C13H20N2OS. The van der Waals surface area contributed by atoms with Crippen molar-refractivity contribution in [3.8, 4) is 0 Å². The molecule has 1 N–H and O–H groups in total. The molecule has 0 unspecified atom stereocenters. The third-order valence-corrected chi connectivity index (χ3v) is 4.17. The summed E-state index contributed by atoms with van der Waals surface area (Å²) in [4.78, 5) is 13.9. The number of likely N-dealkylation sites (tertiary alicyclic amines) is 1. The van der Waals surface area contributed by atoms with Crippen LogP contribution in [0.25, 0.3) is 0 Å². The van der Waals surface area contributed by atoms with Crippen molar-refractivity contribution >= 4 is 17.2 Å². The first-order chi connectivity index (χ1) is 8.27. The van der Waals surface area contributed by atoms with Crippen LogP contribution in [0.1, 0.15) is 30.4 Å². The van der Waals surface area contributed by atoms with Crippen molar-refractivity contribution in [2.75, 3.05) is 19.6 Å². The van der Waals surface area contributed by atoms with Gasteiger partial charge in [-0.15, -0.1) is 0 Å². The lowest BCUT2D eigenvalue weighted by atomic mass is 10.1. The minimum atomic E-state index is 0.248. The summed E-state index contributed by atoms with van der Waals surface area (Å²) >= 11 is 1.72. The molecular weight excluding hydrogens is 232 g/mol. The highest BCUT2D eigenvalue weighted by Crippen LogP contribution is 2.13. The minimum absolute atomic E-state index is 0.248. The fraction of sp³-hybridized carbons (Fsp3) is 0.615. The number of amides is 1. The molecule has 94 valence electrons. The van der Waals surface area contributed by atoms with Crippen LogP contribution in [0.5, 0.6) is 0 Å². The zero-order valence-corrected chi connectivity index (χ0v) is 11.2. The summed E-state index contributed by atoms with van der Waals surface area (Å²) in [5.41, 5.74) is 2.62. The minimum Gasteiger partial charge on any atom is -0.342 e. The van der Waals surface area contributed by atoms with Crippen LogP contribution in [-0.4, -0.2) is 30.4 Å². The van der Waals surface area contributed by atoms with E-state index in [0.717, 1.165) is 32.5 Å². The number of hydrogen-bond acceptors (Lipinski definition) is 3. The van der Waals surface area contributed by atoms with Crippen molar-refractivity contribution in [2.45, 2.75) is 32.7 Å². The zero-order chi connectivity index (χ0) is 12.1.